The maximum absolute atomic E-state index is 5.98. The normalized spacial score (nSPS) is 33.2. The van der Waals surface area contributed by atoms with Gasteiger partial charge in [0.1, 0.15) is 0 Å². The molecule has 1 atom stereocenters. The van der Waals surface area contributed by atoms with E-state index in [1.807, 2.05) is 0 Å². The van der Waals surface area contributed by atoms with Crippen LogP contribution in [-0.2, 0) is 4.74 Å². The maximum Gasteiger partial charge on any atom is 0.0616 e. The van der Waals surface area contributed by atoms with E-state index in [1.165, 1.54) is 25.7 Å². The largest absolute Gasteiger partial charge is 0.383 e. The molecule has 0 heterocycles. The predicted molar refractivity (Wildman–Crippen MR) is 51.0 cm³/mol. The van der Waals surface area contributed by atoms with Gasteiger partial charge >= 0.3 is 0 Å². The fraction of sp³-hybridized carbons (Fsp3) is 1.00. The molecular weight excluding hydrogens is 150 g/mol. The summed E-state index contributed by atoms with van der Waals surface area (Å²) in [7, 11) is 1.73. The fourth-order valence-corrected chi connectivity index (χ4v) is 2.04. The Hall–Kier alpha value is -0.0800. The molecule has 12 heavy (non-hydrogen) atoms. The Kier molecular flexibility index (Phi) is 4.02. The van der Waals surface area contributed by atoms with Crippen LogP contribution < -0.4 is 5.73 Å². The first-order valence-electron chi connectivity index (χ1n) is 4.98. The summed E-state index contributed by atoms with van der Waals surface area (Å²) >= 11 is 0. The van der Waals surface area contributed by atoms with E-state index in [-0.39, 0.29) is 6.04 Å². The van der Waals surface area contributed by atoms with Gasteiger partial charge in [0.25, 0.3) is 0 Å². The quantitative estimate of drug-likeness (QED) is 0.702. The molecule has 0 aromatic carbocycles. The lowest BCUT2D eigenvalue weighted by atomic mass is 9.80. The highest BCUT2D eigenvalue weighted by Gasteiger charge is 2.23. The van der Waals surface area contributed by atoms with Gasteiger partial charge in [-0.2, -0.15) is 0 Å². The lowest BCUT2D eigenvalue weighted by Crippen LogP contribution is -2.36. The third-order valence-corrected chi connectivity index (χ3v) is 3.03. The molecule has 2 heteroatoms. The van der Waals surface area contributed by atoms with Crippen molar-refractivity contribution >= 4 is 0 Å². The lowest BCUT2D eigenvalue weighted by molar-refractivity contribution is 0.136. The second-order valence-corrected chi connectivity index (χ2v) is 4.14. The molecule has 72 valence electrons. The van der Waals surface area contributed by atoms with Crippen LogP contribution >= 0.6 is 0 Å². The van der Waals surface area contributed by atoms with Crippen LogP contribution in [-0.4, -0.2) is 19.8 Å². The van der Waals surface area contributed by atoms with Gasteiger partial charge in [-0.15, -0.1) is 0 Å². The minimum Gasteiger partial charge on any atom is -0.383 e. The summed E-state index contributed by atoms with van der Waals surface area (Å²) in [6.07, 6.45) is 5.29. The van der Waals surface area contributed by atoms with Crippen LogP contribution in [0.25, 0.3) is 0 Å². The van der Waals surface area contributed by atoms with E-state index in [1.54, 1.807) is 7.11 Å². The summed E-state index contributed by atoms with van der Waals surface area (Å²) in [6, 6.07) is 0.266. The van der Waals surface area contributed by atoms with E-state index in [4.69, 9.17) is 10.5 Å². The Morgan fingerprint density at radius 2 is 1.92 bits per heavy atom. The van der Waals surface area contributed by atoms with E-state index >= 15 is 0 Å². The first-order chi connectivity index (χ1) is 5.74. The second kappa shape index (κ2) is 4.83. The summed E-state index contributed by atoms with van der Waals surface area (Å²) in [5.74, 6) is 1.62. The summed E-state index contributed by atoms with van der Waals surface area (Å²) in [4.78, 5) is 0. The van der Waals surface area contributed by atoms with Crippen LogP contribution in [0.15, 0.2) is 0 Å². The van der Waals surface area contributed by atoms with Gasteiger partial charge in [-0.3, -0.25) is 0 Å². The summed E-state index contributed by atoms with van der Waals surface area (Å²) in [5, 5.41) is 0. The van der Waals surface area contributed by atoms with Crippen LogP contribution in [0.5, 0.6) is 0 Å². The summed E-state index contributed by atoms with van der Waals surface area (Å²) in [6.45, 7) is 3.05. The molecule has 0 aromatic heterocycles. The Bertz CT molecular complexity index is 119. The van der Waals surface area contributed by atoms with Crippen LogP contribution in [0.2, 0.25) is 0 Å². The summed E-state index contributed by atoms with van der Waals surface area (Å²) < 4.78 is 5.06. The number of ether oxygens (including phenoxy) is 1. The number of methoxy groups -OCH3 is 1. The highest BCUT2D eigenvalue weighted by Crippen LogP contribution is 2.29. The molecule has 1 unspecified atom stereocenters. The highest BCUT2D eigenvalue weighted by atomic mass is 16.5. The molecule has 2 N–H and O–H groups in total. The van der Waals surface area contributed by atoms with Crippen molar-refractivity contribution in [1.29, 1.82) is 0 Å². The standard InChI is InChI=1S/C10H21NO/c1-8-3-5-9(6-4-8)10(11)7-12-2/h8-10H,3-7,11H2,1-2H3. The Balaban J connectivity index is 2.24. The van der Waals surface area contributed by atoms with Crippen molar-refractivity contribution in [2.45, 2.75) is 38.6 Å². The second-order valence-electron chi connectivity index (χ2n) is 4.14. The van der Waals surface area contributed by atoms with Gasteiger partial charge in [-0.25, -0.2) is 0 Å². The highest BCUT2D eigenvalue weighted by molar-refractivity contribution is 4.78. The van der Waals surface area contributed by atoms with Crippen molar-refractivity contribution in [2.75, 3.05) is 13.7 Å². The molecule has 1 aliphatic rings. The molecule has 1 aliphatic carbocycles. The smallest absolute Gasteiger partial charge is 0.0616 e. The number of hydrogen-bond donors (Lipinski definition) is 1. The van der Waals surface area contributed by atoms with Gasteiger partial charge < -0.3 is 10.5 Å². The third kappa shape index (κ3) is 2.76. The first kappa shape index (κ1) is 10.0. The van der Waals surface area contributed by atoms with Gasteiger partial charge in [-0.05, 0) is 24.7 Å². The van der Waals surface area contributed by atoms with Crippen molar-refractivity contribution in [1.82, 2.24) is 0 Å². The molecule has 0 aliphatic heterocycles. The van der Waals surface area contributed by atoms with E-state index in [2.05, 4.69) is 6.92 Å². The van der Waals surface area contributed by atoms with Crippen LogP contribution in [0.4, 0.5) is 0 Å². The molecular formula is C10H21NO. The third-order valence-electron chi connectivity index (χ3n) is 3.03. The van der Waals surface area contributed by atoms with Gasteiger partial charge in [0.15, 0.2) is 0 Å². The van der Waals surface area contributed by atoms with Gasteiger partial charge in [-0.1, -0.05) is 19.8 Å². The molecule has 0 amide bonds. The Morgan fingerprint density at radius 3 is 2.42 bits per heavy atom. The van der Waals surface area contributed by atoms with Gasteiger partial charge in [0.2, 0.25) is 0 Å². The molecule has 0 radical (unpaired) electrons. The number of rotatable bonds is 3. The zero-order valence-corrected chi connectivity index (χ0v) is 8.25. The Labute approximate surface area is 75.5 Å². The Morgan fingerprint density at radius 1 is 1.33 bits per heavy atom. The van der Waals surface area contributed by atoms with Crippen LogP contribution in [0, 0.1) is 11.8 Å². The van der Waals surface area contributed by atoms with Gasteiger partial charge in [0, 0.05) is 13.2 Å². The number of nitrogens with two attached hydrogens (primary N) is 1. The minimum absolute atomic E-state index is 0.266. The van der Waals surface area contributed by atoms with E-state index in [0.717, 1.165) is 12.5 Å². The number of hydrogen-bond acceptors (Lipinski definition) is 2. The molecule has 1 saturated carbocycles. The van der Waals surface area contributed by atoms with Crippen molar-refractivity contribution in [2.24, 2.45) is 17.6 Å². The fourth-order valence-electron chi connectivity index (χ4n) is 2.04. The first-order valence-corrected chi connectivity index (χ1v) is 4.98. The molecule has 0 spiro atoms. The monoisotopic (exact) mass is 171 g/mol. The summed E-state index contributed by atoms with van der Waals surface area (Å²) in [5.41, 5.74) is 5.98. The van der Waals surface area contributed by atoms with Crippen LogP contribution in [0.3, 0.4) is 0 Å². The molecule has 0 aromatic rings. The average Bonchev–Trinajstić information content (AvgIpc) is 2.06. The molecule has 0 saturated heterocycles. The molecule has 0 bridgehead atoms. The topological polar surface area (TPSA) is 35.2 Å². The van der Waals surface area contributed by atoms with Crippen molar-refractivity contribution in [3.05, 3.63) is 0 Å². The van der Waals surface area contributed by atoms with E-state index in [9.17, 15) is 0 Å². The maximum atomic E-state index is 5.98. The van der Waals surface area contributed by atoms with E-state index < -0.39 is 0 Å². The van der Waals surface area contributed by atoms with Crippen molar-refractivity contribution < 1.29 is 4.74 Å². The minimum atomic E-state index is 0.266. The van der Waals surface area contributed by atoms with Crippen molar-refractivity contribution in [3.63, 3.8) is 0 Å². The van der Waals surface area contributed by atoms with E-state index in [0.29, 0.717) is 5.92 Å². The average molecular weight is 171 g/mol. The zero-order chi connectivity index (χ0) is 8.97. The van der Waals surface area contributed by atoms with Crippen LogP contribution in [0.1, 0.15) is 32.6 Å². The molecule has 2 nitrogen and oxygen atoms in total. The lowest BCUT2D eigenvalue weighted by Gasteiger charge is -2.30. The molecule has 1 rings (SSSR count). The van der Waals surface area contributed by atoms with Crippen molar-refractivity contribution in [3.8, 4) is 0 Å². The zero-order valence-electron chi connectivity index (χ0n) is 8.25. The van der Waals surface area contributed by atoms with Gasteiger partial charge in [0.05, 0.1) is 6.61 Å². The SMILES string of the molecule is COCC(N)C1CCC(C)CC1. The molecule has 1 fully saturated rings. The predicted octanol–water partition coefficient (Wildman–Crippen LogP) is 1.79.